The number of hydrogen-bond donors (Lipinski definition) is 1. The summed E-state index contributed by atoms with van der Waals surface area (Å²) in [6, 6.07) is 12.5. The first-order chi connectivity index (χ1) is 9.13. The second-order valence-electron chi connectivity index (χ2n) is 4.83. The molecule has 2 heterocycles. The van der Waals surface area contributed by atoms with Crippen molar-refractivity contribution >= 4 is 23.4 Å². The molecule has 0 aliphatic heterocycles. The van der Waals surface area contributed by atoms with Crippen LogP contribution in [0.1, 0.15) is 16.8 Å². The molecule has 2 aromatic heterocycles. The predicted octanol–water partition coefficient (Wildman–Crippen LogP) is 3.76. The second-order valence-corrected chi connectivity index (χ2v) is 5.22. The highest BCUT2D eigenvalue weighted by molar-refractivity contribution is 7.71. The van der Waals surface area contributed by atoms with Crippen LogP contribution < -0.4 is 0 Å². The Morgan fingerprint density at radius 3 is 2.84 bits per heavy atom. The second kappa shape index (κ2) is 4.63. The van der Waals surface area contributed by atoms with E-state index in [0.717, 1.165) is 28.2 Å². The Bertz CT molecular complexity index is 799. The molecule has 19 heavy (non-hydrogen) atoms. The first-order valence-corrected chi connectivity index (χ1v) is 6.66. The van der Waals surface area contributed by atoms with Gasteiger partial charge in [0.15, 0.2) is 10.4 Å². The van der Waals surface area contributed by atoms with Crippen LogP contribution in [0.3, 0.4) is 0 Å². The fraction of sp³-hybridized carbons (Fsp3) is 0.200. The maximum absolute atomic E-state index is 5.40. The summed E-state index contributed by atoms with van der Waals surface area (Å²) in [6.45, 7) is 4.84. The zero-order valence-electron chi connectivity index (χ0n) is 11.0. The normalized spacial score (nSPS) is 11.1. The van der Waals surface area contributed by atoms with Gasteiger partial charge in [0.1, 0.15) is 0 Å². The van der Waals surface area contributed by atoms with Crippen LogP contribution in [0.2, 0.25) is 0 Å². The fourth-order valence-corrected chi connectivity index (χ4v) is 2.53. The highest BCUT2D eigenvalue weighted by Gasteiger charge is 2.06. The number of nitrogens with one attached hydrogen (secondary N) is 1. The monoisotopic (exact) mass is 269 g/mol. The number of nitrogens with zero attached hydrogens (tertiary/aromatic N) is 2. The zero-order valence-corrected chi connectivity index (χ0v) is 11.8. The van der Waals surface area contributed by atoms with E-state index < -0.39 is 0 Å². The molecule has 0 spiro atoms. The molecular formula is C15H15N3S. The summed E-state index contributed by atoms with van der Waals surface area (Å²) in [5.41, 5.74) is 5.41. The molecule has 0 fully saturated rings. The molecule has 0 aliphatic rings. The number of imidazole rings is 1. The lowest BCUT2D eigenvalue weighted by molar-refractivity contribution is 0.798. The first-order valence-electron chi connectivity index (χ1n) is 6.25. The average molecular weight is 269 g/mol. The van der Waals surface area contributed by atoms with Crippen molar-refractivity contribution in [1.82, 2.24) is 14.5 Å². The van der Waals surface area contributed by atoms with E-state index in [9.17, 15) is 0 Å². The van der Waals surface area contributed by atoms with Crippen molar-refractivity contribution in [3.8, 4) is 0 Å². The summed E-state index contributed by atoms with van der Waals surface area (Å²) in [4.78, 5) is 7.78. The third-order valence-corrected chi connectivity index (χ3v) is 3.50. The third kappa shape index (κ3) is 2.31. The highest BCUT2D eigenvalue weighted by atomic mass is 32.1. The number of hydrogen-bond acceptors (Lipinski definition) is 2. The quantitative estimate of drug-likeness (QED) is 0.719. The van der Waals surface area contributed by atoms with Crippen LogP contribution in [0.25, 0.3) is 11.2 Å². The molecule has 96 valence electrons. The van der Waals surface area contributed by atoms with Crippen molar-refractivity contribution in [3.63, 3.8) is 0 Å². The fourth-order valence-electron chi connectivity index (χ4n) is 2.26. The molecule has 0 unspecified atom stereocenters. The van der Waals surface area contributed by atoms with Crippen LogP contribution in [0.4, 0.5) is 0 Å². The van der Waals surface area contributed by atoms with Gasteiger partial charge >= 0.3 is 0 Å². The van der Waals surface area contributed by atoms with E-state index in [-0.39, 0.29) is 0 Å². The summed E-state index contributed by atoms with van der Waals surface area (Å²) in [5, 5.41) is 0. The van der Waals surface area contributed by atoms with Crippen molar-refractivity contribution in [2.24, 2.45) is 0 Å². The van der Waals surface area contributed by atoms with Crippen LogP contribution in [0.5, 0.6) is 0 Å². The van der Waals surface area contributed by atoms with Crippen LogP contribution in [0, 0.1) is 18.6 Å². The average Bonchev–Trinajstić information content (AvgIpc) is 2.66. The number of rotatable bonds is 2. The Labute approximate surface area is 116 Å². The molecule has 1 N–H and O–H groups in total. The molecule has 0 amide bonds. The molecule has 0 saturated heterocycles. The van der Waals surface area contributed by atoms with E-state index >= 15 is 0 Å². The lowest BCUT2D eigenvalue weighted by atomic mass is 10.1. The van der Waals surface area contributed by atoms with Crippen LogP contribution >= 0.6 is 12.2 Å². The molecule has 3 aromatic rings. The number of benzene rings is 1. The van der Waals surface area contributed by atoms with Crippen molar-refractivity contribution in [2.75, 3.05) is 0 Å². The van der Waals surface area contributed by atoms with Gasteiger partial charge in [0, 0.05) is 5.69 Å². The molecule has 0 bridgehead atoms. The minimum Gasteiger partial charge on any atom is -0.329 e. The first kappa shape index (κ1) is 12.1. The summed E-state index contributed by atoms with van der Waals surface area (Å²) < 4.78 is 2.77. The molecule has 4 heteroatoms. The van der Waals surface area contributed by atoms with E-state index in [2.05, 4.69) is 41.2 Å². The Morgan fingerprint density at radius 1 is 1.21 bits per heavy atom. The van der Waals surface area contributed by atoms with E-state index in [1.165, 1.54) is 11.1 Å². The van der Waals surface area contributed by atoms with Crippen molar-refractivity contribution in [3.05, 3.63) is 58.0 Å². The van der Waals surface area contributed by atoms with E-state index in [1.54, 1.807) is 0 Å². The van der Waals surface area contributed by atoms with Gasteiger partial charge in [0.25, 0.3) is 0 Å². The molecule has 0 atom stereocenters. The van der Waals surface area contributed by atoms with E-state index in [1.807, 2.05) is 23.6 Å². The van der Waals surface area contributed by atoms with Crippen LogP contribution in [-0.4, -0.2) is 14.5 Å². The van der Waals surface area contributed by atoms with Gasteiger partial charge in [0.2, 0.25) is 0 Å². The highest BCUT2D eigenvalue weighted by Crippen LogP contribution is 2.15. The predicted molar refractivity (Wildman–Crippen MR) is 79.9 cm³/mol. The maximum atomic E-state index is 5.40. The number of pyridine rings is 1. The molecule has 0 radical (unpaired) electrons. The van der Waals surface area contributed by atoms with Gasteiger partial charge in [0.05, 0.1) is 12.1 Å². The zero-order chi connectivity index (χ0) is 13.4. The van der Waals surface area contributed by atoms with Gasteiger partial charge in [-0.15, -0.1) is 0 Å². The Balaban J connectivity index is 2.12. The molecule has 1 aromatic carbocycles. The lowest BCUT2D eigenvalue weighted by Crippen LogP contribution is -2.01. The standard InChI is InChI=1S/C15H15N3S/c1-10-4-3-5-12(8-10)9-18-14-13(17-15(18)19)7-6-11(2)16-14/h3-8H,9H2,1-2H3,(H,17,19). The number of fused-ring (bicyclic) bond motifs is 1. The van der Waals surface area contributed by atoms with Gasteiger partial charge < -0.3 is 4.98 Å². The number of aromatic amines is 1. The van der Waals surface area contributed by atoms with Gasteiger partial charge in [-0.1, -0.05) is 29.8 Å². The van der Waals surface area contributed by atoms with Crippen molar-refractivity contribution in [2.45, 2.75) is 20.4 Å². The molecular weight excluding hydrogens is 254 g/mol. The van der Waals surface area contributed by atoms with Gasteiger partial charge in [-0.2, -0.15) is 0 Å². The topological polar surface area (TPSA) is 33.6 Å². The summed E-state index contributed by atoms with van der Waals surface area (Å²) >= 11 is 5.40. The third-order valence-electron chi connectivity index (χ3n) is 3.18. The van der Waals surface area contributed by atoms with Gasteiger partial charge in [-0.3, -0.25) is 4.57 Å². The number of H-pyrrole nitrogens is 1. The minimum absolute atomic E-state index is 0.717. The Hall–Kier alpha value is -1.94. The van der Waals surface area contributed by atoms with Gasteiger partial charge in [-0.25, -0.2) is 4.98 Å². The Morgan fingerprint density at radius 2 is 2.05 bits per heavy atom. The number of aromatic nitrogens is 3. The summed E-state index contributed by atoms with van der Waals surface area (Å²) in [6.07, 6.45) is 0. The largest absolute Gasteiger partial charge is 0.329 e. The summed E-state index contributed by atoms with van der Waals surface area (Å²) in [7, 11) is 0. The Kier molecular flexibility index (Phi) is 2.95. The summed E-state index contributed by atoms with van der Waals surface area (Å²) in [5.74, 6) is 0. The maximum Gasteiger partial charge on any atom is 0.179 e. The minimum atomic E-state index is 0.717. The smallest absolute Gasteiger partial charge is 0.179 e. The van der Waals surface area contributed by atoms with E-state index in [0.29, 0.717) is 0 Å². The number of aryl methyl sites for hydroxylation is 2. The lowest BCUT2D eigenvalue weighted by Gasteiger charge is -2.05. The molecule has 0 aliphatic carbocycles. The van der Waals surface area contributed by atoms with Crippen molar-refractivity contribution < 1.29 is 0 Å². The molecule has 3 rings (SSSR count). The SMILES string of the molecule is Cc1cccc(Cn2c(=S)[nH]c3ccc(C)nc32)c1. The molecule has 3 nitrogen and oxygen atoms in total. The van der Waals surface area contributed by atoms with Crippen molar-refractivity contribution in [1.29, 1.82) is 0 Å². The van der Waals surface area contributed by atoms with E-state index in [4.69, 9.17) is 12.2 Å². The molecule has 0 saturated carbocycles. The van der Waals surface area contributed by atoms with Crippen LogP contribution in [0.15, 0.2) is 36.4 Å². The van der Waals surface area contributed by atoms with Crippen LogP contribution in [-0.2, 0) is 6.54 Å². The van der Waals surface area contributed by atoms with Gasteiger partial charge in [-0.05, 0) is 43.8 Å².